The zero-order valence-electron chi connectivity index (χ0n) is 7.62. The highest BCUT2D eigenvalue weighted by molar-refractivity contribution is 6.34. The molecule has 0 atom stereocenters. The van der Waals surface area contributed by atoms with E-state index in [4.69, 9.17) is 16.3 Å². The second kappa shape index (κ2) is 4.77. The molecule has 1 rings (SSSR count). The van der Waals surface area contributed by atoms with E-state index in [0.717, 1.165) is 0 Å². The lowest BCUT2D eigenvalue weighted by atomic mass is 10.3. The van der Waals surface area contributed by atoms with Gasteiger partial charge in [-0.15, -0.1) is 0 Å². The predicted octanol–water partition coefficient (Wildman–Crippen LogP) is 2.22. The highest BCUT2D eigenvalue weighted by atomic mass is 35.5. The third kappa shape index (κ3) is 2.85. The Bertz CT molecular complexity index is 360. The first-order valence-electron chi connectivity index (χ1n) is 4.14. The number of hydrogen-bond acceptors (Lipinski definition) is 3. The molecule has 0 saturated carbocycles. The first-order valence-corrected chi connectivity index (χ1v) is 4.52. The highest BCUT2D eigenvalue weighted by Gasteiger charge is 2.13. The first-order chi connectivity index (χ1) is 6.63. The third-order valence-corrected chi connectivity index (χ3v) is 1.79. The van der Waals surface area contributed by atoms with Crippen molar-refractivity contribution >= 4 is 23.4 Å². The Balaban J connectivity index is 2.70. The Morgan fingerprint density at radius 3 is 2.71 bits per heavy atom. The van der Waals surface area contributed by atoms with Gasteiger partial charge in [0.05, 0.1) is 0 Å². The van der Waals surface area contributed by atoms with Crippen molar-refractivity contribution in [3.63, 3.8) is 0 Å². The Kier molecular flexibility index (Phi) is 3.65. The van der Waals surface area contributed by atoms with Crippen LogP contribution >= 0.6 is 11.6 Å². The van der Waals surface area contributed by atoms with Crippen LogP contribution in [0.5, 0.6) is 5.75 Å². The van der Waals surface area contributed by atoms with E-state index in [-0.39, 0.29) is 12.2 Å². The van der Waals surface area contributed by atoms with E-state index >= 15 is 0 Å². The summed E-state index contributed by atoms with van der Waals surface area (Å²) < 4.78 is 4.77. The molecule has 14 heavy (non-hydrogen) atoms. The average Bonchev–Trinajstić information content (AvgIpc) is 2.16. The zero-order valence-corrected chi connectivity index (χ0v) is 8.38. The molecule has 0 aromatic heterocycles. The number of carbonyl (C=O) groups is 2. The van der Waals surface area contributed by atoms with E-state index in [1.54, 1.807) is 25.1 Å². The van der Waals surface area contributed by atoms with Crippen molar-refractivity contribution in [2.75, 3.05) is 0 Å². The Morgan fingerprint density at radius 1 is 1.43 bits per heavy atom. The fourth-order valence-corrected chi connectivity index (χ4v) is 1.02. The molecule has 0 bridgehead atoms. The lowest BCUT2D eigenvalue weighted by Crippen LogP contribution is -2.19. The van der Waals surface area contributed by atoms with Gasteiger partial charge in [0.15, 0.2) is 0 Å². The van der Waals surface area contributed by atoms with Crippen LogP contribution in [-0.2, 0) is 9.59 Å². The molecule has 0 unspecified atom stereocenters. The molecule has 0 spiro atoms. The maximum atomic E-state index is 11.0. The van der Waals surface area contributed by atoms with Crippen LogP contribution < -0.4 is 4.74 Å². The summed E-state index contributed by atoms with van der Waals surface area (Å²) >= 11 is 5.67. The van der Waals surface area contributed by atoms with Gasteiger partial charge in [-0.05, 0) is 18.2 Å². The standard InChI is InChI=1S/C10H9ClO3/c1-2-9(12)10(13)14-8-5-3-4-7(11)6-8/h3-6H,2H2,1H3. The van der Waals surface area contributed by atoms with E-state index in [1.165, 1.54) is 6.07 Å². The summed E-state index contributed by atoms with van der Waals surface area (Å²) in [6.45, 7) is 1.60. The second-order valence-corrected chi connectivity index (χ2v) is 3.06. The summed E-state index contributed by atoms with van der Waals surface area (Å²) in [5.41, 5.74) is 0. The van der Waals surface area contributed by atoms with Gasteiger partial charge in [-0.25, -0.2) is 4.79 Å². The maximum absolute atomic E-state index is 11.0. The van der Waals surface area contributed by atoms with Crippen LogP contribution in [0.3, 0.4) is 0 Å². The number of carbonyl (C=O) groups excluding carboxylic acids is 2. The van der Waals surface area contributed by atoms with Crippen molar-refractivity contribution in [1.82, 2.24) is 0 Å². The third-order valence-electron chi connectivity index (χ3n) is 1.56. The van der Waals surface area contributed by atoms with Crippen LogP contribution in [0.2, 0.25) is 5.02 Å². The number of esters is 1. The van der Waals surface area contributed by atoms with Crippen molar-refractivity contribution < 1.29 is 14.3 Å². The monoisotopic (exact) mass is 212 g/mol. The number of Topliss-reactive ketones (excluding diaryl/α,β-unsaturated/α-hetero) is 1. The summed E-state index contributed by atoms with van der Waals surface area (Å²) in [4.78, 5) is 21.9. The molecule has 0 N–H and O–H groups in total. The van der Waals surface area contributed by atoms with E-state index < -0.39 is 11.8 Å². The van der Waals surface area contributed by atoms with Gasteiger partial charge in [0.1, 0.15) is 5.75 Å². The summed E-state index contributed by atoms with van der Waals surface area (Å²) in [5.74, 6) is -1.12. The van der Waals surface area contributed by atoms with Gasteiger partial charge in [-0.3, -0.25) is 4.79 Å². The van der Waals surface area contributed by atoms with Crippen LogP contribution in [0.4, 0.5) is 0 Å². The molecule has 0 fully saturated rings. The minimum atomic E-state index is -0.852. The number of ether oxygens (including phenoxy) is 1. The van der Waals surface area contributed by atoms with Crippen molar-refractivity contribution in [3.05, 3.63) is 29.3 Å². The number of benzene rings is 1. The number of halogens is 1. The fourth-order valence-electron chi connectivity index (χ4n) is 0.839. The molecule has 74 valence electrons. The Labute approximate surface area is 86.6 Å². The molecule has 3 nitrogen and oxygen atoms in total. The van der Waals surface area contributed by atoms with Crippen LogP contribution in [0.15, 0.2) is 24.3 Å². The molecule has 0 heterocycles. The lowest BCUT2D eigenvalue weighted by molar-refractivity contribution is -0.146. The minimum absolute atomic E-state index is 0.138. The minimum Gasteiger partial charge on any atom is -0.421 e. The topological polar surface area (TPSA) is 43.4 Å². The van der Waals surface area contributed by atoms with Crippen molar-refractivity contribution in [1.29, 1.82) is 0 Å². The molecule has 0 aliphatic carbocycles. The van der Waals surface area contributed by atoms with Gasteiger partial charge in [0.25, 0.3) is 0 Å². The van der Waals surface area contributed by atoms with E-state index in [9.17, 15) is 9.59 Å². The largest absolute Gasteiger partial charge is 0.421 e. The lowest BCUT2D eigenvalue weighted by Gasteiger charge is -2.01. The fraction of sp³-hybridized carbons (Fsp3) is 0.200. The number of hydrogen-bond donors (Lipinski definition) is 0. The predicted molar refractivity (Wildman–Crippen MR) is 52.4 cm³/mol. The van der Waals surface area contributed by atoms with Gasteiger partial charge in [-0.2, -0.15) is 0 Å². The Hall–Kier alpha value is -1.35. The summed E-state index contributed by atoms with van der Waals surface area (Å²) in [7, 11) is 0. The van der Waals surface area contributed by atoms with E-state index in [2.05, 4.69) is 0 Å². The average molecular weight is 213 g/mol. The molecule has 1 aromatic rings. The Morgan fingerprint density at radius 2 is 2.14 bits per heavy atom. The molecule has 0 amide bonds. The maximum Gasteiger partial charge on any atom is 0.379 e. The van der Waals surface area contributed by atoms with Gasteiger partial charge < -0.3 is 4.74 Å². The molecule has 0 saturated heterocycles. The van der Waals surface area contributed by atoms with Crippen molar-refractivity contribution in [2.45, 2.75) is 13.3 Å². The van der Waals surface area contributed by atoms with Gasteiger partial charge in [0, 0.05) is 11.4 Å². The summed E-state index contributed by atoms with van der Waals surface area (Å²) in [6, 6.07) is 6.33. The van der Waals surface area contributed by atoms with Crippen LogP contribution in [0.1, 0.15) is 13.3 Å². The van der Waals surface area contributed by atoms with E-state index in [0.29, 0.717) is 5.02 Å². The summed E-state index contributed by atoms with van der Waals surface area (Å²) in [6.07, 6.45) is 0.138. The summed E-state index contributed by atoms with van der Waals surface area (Å²) in [5, 5.41) is 0.458. The molecule has 1 aromatic carbocycles. The van der Waals surface area contributed by atoms with Crippen LogP contribution in [0, 0.1) is 0 Å². The van der Waals surface area contributed by atoms with Crippen molar-refractivity contribution in [2.24, 2.45) is 0 Å². The molecule has 0 radical (unpaired) electrons. The molecule has 4 heteroatoms. The molecular formula is C10H9ClO3. The smallest absolute Gasteiger partial charge is 0.379 e. The normalized spacial score (nSPS) is 9.57. The van der Waals surface area contributed by atoms with Gasteiger partial charge in [0.2, 0.25) is 5.78 Å². The zero-order chi connectivity index (χ0) is 10.6. The SMILES string of the molecule is CCC(=O)C(=O)Oc1cccc(Cl)c1. The second-order valence-electron chi connectivity index (χ2n) is 2.62. The number of ketones is 1. The van der Waals surface area contributed by atoms with Crippen molar-refractivity contribution in [3.8, 4) is 5.75 Å². The van der Waals surface area contributed by atoms with Gasteiger partial charge in [-0.1, -0.05) is 24.6 Å². The van der Waals surface area contributed by atoms with Gasteiger partial charge >= 0.3 is 5.97 Å². The molecule has 0 aliphatic heterocycles. The van der Waals surface area contributed by atoms with Crippen LogP contribution in [-0.4, -0.2) is 11.8 Å². The van der Waals surface area contributed by atoms with Crippen LogP contribution in [0.25, 0.3) is 0 Å². The van der Waals surface area contributed by atoms with E-state index in [1.807, 2.05) is 0 Å². The molecule has 0 aliphatic rings. The number of rotatable bonds is 3. The quantitative estimate of drug-likeness (QED) is 0.438. The molecular weight excluding hydrogens is 204 g/mol. The highest BCUT2D eigenvalue weighted by Crippen LogP contribution is 2.17. The first kappa shape index (κ1) is 10.7.